The van der Waals surface area contributed by atoms with E-state index in [9.17, 15) is 13.6 Å². The quantitative estimate of drug-likeness (QED) is 0.774. The lowest BCUT2D eigenvalue weighted by molar-refractivity contribution is -0.119. The van der Waals surface area contributed by atoms with E-state index >= 15 is 0 Å². The van der Waals surface area contributed by atoms with Gasteiger partial charge in [0.2, 0.25) is 5.91 Å². The van der Waals surface area contributed by atoms with E-state index in [1.165, 1.54) is 19.2 Å². The molecular formula is C14H20F2N2O3. The van der Waals surface area contributed by atoms with Crippen LogP contribution in [-0.4, -0.2) is 26.2 Å². The molecule has 0 heterocycles. The SMILES string of the molecule is COc1ccc(NC(=O)C(C)CCCN)cc1OC(F)F. The number of halogens is 2. The van der Waals surface area contributed by atoms with Crippen molar-refractivity contribution in [3.05, 3.63) is 18.2 Å². The smallest absolute Gasteiger partial charge is 0.387 e. The molecule has 5 nitrogen and oxygen atoms in total. The standard InChI is InChI=1S/C14H20F2N2O3/c1-9(4-3-7-17)13(19)18-10-5-6-11(20-2)12(8-10)21-14(15)16/h5-6,8-9,14H,3-4,7,17H2,1-2H3,(H,18,19). The number of benzene rings is 1. The van der Waals surface area contributed by atoms with Crippen molar-refractivity contribution in [2.24, 2.45) is 11.7 Å². The zero-order chi connectivity index (χ0) is 15.8. The number of nitrogens with two attached hydrogens (primary N) is 1. The second kappa shape index (κ2) is 8.41. The topological polar surface area (TPSA) is 73.6 Å². The van der Waals surface area contributed by atoms with Crippen molar-refractivity contribution in [2.45, 2.75) is 26.4 Å². The van der Waals surface area contributed by atoms with Crippen molar-refractivity contribution in [1.82, 2.24) is 0 Å². The molecule has 0 saturated heterocycles. The maximum absolute atomic E-state index is 12.3. The molecule has 0 fully saturated rings. The van der Waals surface area contributed by atoms with Gasteiger partial charge in [-0.25, -0.2) is 0 Å². The average molecular weight is 302 g/mol. The van der Waals surface area contributed by atoms with Crippen molar-refractivity contribution in [1.29, 1.82) is 0 Å². The number of amides is 1. The van der Waals surface area contributed by atoms with Crippen LogP contribution >= 0.6 is 0 Å². The van der Waals surface area contributed by atoms with Crippen LogP contribution in [0.15, 0.2) is 18.2 Å². The summed E-state index contributed by atoms with van der Waals surface area (Å²) in [6.45, 7) is -0.661. The average Bonchev–Trinajstić information content (AvgIpc) is 2.44. The summed E-state index contributed by atoms with van der Waals surface area (Å²) in [5, 5.41) is 2.66. The predicted octanol–water partition coefficient (Wildman–Crippen LogP) is 2.61. The van der Waals surface area contributed by atoms with E-state index in [1.54, 1.807) is 13.0 Å². The van der Waals surface area contributed by atoms with Crippen LogP contribution in [-0.2, 0) is 4.79 Å². The molecule has 21 heavy (non-hydrogen) atoms. The van der Waals surface area contributed by atoms with Gasteiger partial charge in [0.25, 0.3) is 0 Å². The summed E-state index contributed by atoms with van der Waals surface area (Å²) in [5.74, 6) is -0.365. The summed E-state index contributed by atoms with van der Waals surface area (Å²) < 4.78 is 33.9. The highest BCUT2D eigenvalue weighted by molar-refractivity contribution is 5.92. The molecule has 1 atom stereocenters. The summed E-state index contributed by atoms with van der Waals surface area (Å²) in [6, 6.07) is 4.32. The fraction of sp³-hybridized carbons (Fsp3) is 0.500. The minimum absolute atomic E-state index is 0.125. The maximum atomic E-state index is 12.3. The van der Waals surface area contributed by atoms with Gasteiger partial charge in [-0.1, -0.05) is 6.92 Å². The Kier molecular flexibility index (Phi) is 6.87. The van der Waals surface area contributed by atoms with E-state index in [-0.39, 0.29) is 23.3 Å². The third-order valence-electron chi connectivity index (χ3n) is 2.94. The van der Waals surface area contributed by atoms with Gasteiger partial charge in [-0.3, -0.25) is 4.79 Å². The molecule has 1 amide bonds. The van der Waals surface area contributed by atoms with Crippen molar-refractivity contribution in [2.75, 3.05) is 19.0 Å². The van der Waals surface area contributed by atoms with Gasteiger partial charge in [-0.05, 0) is 31.5 Å². The van der Waals surface area contributed by atoms with Crippen LogP contribution in [0.2, 0.25) is 0 Å². The number of hydrogen-bond acceptors (Lipinski definition) is 4. The molecule has 7 heteroatoms. The zero-order valence-electron chi connectivity index (χ0n) is 12.1. The van der Waals surface area contributed by atoms with E-state index in [1.807, 2.05) is 0 Å². The van der Waals surface area contributed by atoms with E-state index in [2.05, 4.69) is 10.1 Å². The highest BCUT2D eigenvalue weighted by atomic mass is 19.3. The first-order valence-corrected chi connectivity index (χ1v) is 6.61. The van der Waals surface area contributed by atoms with E-state index in [0.717, 1.165) is 6.42 Å². The summed E-state index contributed by atoms with van der Waals surface area (Å²) in [5.41, 5.74) is 5.77. The second-order valence-electron chi connectivity index (χ2n) is 4.57. The van der Waals surface area contributed by atoms with Gasteiger partial charge in [0.15, 0.2) is 11.5 Å². The number of alkyl halides is 2. The number of anilines is 1. The Morgan fingerprint density at radius 2 is 2.10 bits per heavy atom. The predicted molar refractivity (Wildman–Crippen MR) is 75.7 cm³/mol. The van der Waals surface area contributed by atoms with Gasteiger partial charge in [0.1, 0.15) is 0 Å². The minimum Gasteiger partial charge on any atom is -0.493 e. The van der Waals surface area contributed by atoms with Crippen LogP contribution in [0.1, 0.15) is 19.8 Å². The van der Waals surface area contributed by atoms with Gasteiger partial charge in [0.05, 0.1) is 7.11 Å². The van der Waals surface area contributed by atoms with Crippen molar-refractivity contribution in [3.63, 3.8) is 0 Å². The Hall–Kier alpha value is -1.89. The molecule has 3 N–H and O–H groups in total. The Labute approximate surface area is 122 Å². The Morgan fingerprint density at radius 1 is 1.38 bits per heavy atom. The molecule has 1 rings (SSSR count). The zero-order valence-corrected chi connectivity index (χ0v) is 12.1. The fourth-order valence-corrected chi connectivity index (χ4v) is 1.76. The van der Waals surface area contributed by atoms with Crippen LogP contribution in [0, 0.1) is 5.92 Å². The van der Waals surface area contributed by atoms with Crippen molar-refractivity contribution >= 4 is 11.6 Å². The summed E-state index contributed by atoms with van der Waals surface area (Å²) in [6.07, 6.45) is 1.41. The minimum atomic E-state index is -2.96. The number of methoxy groups -OCH3 is 1. The van der Waals surface area contributed by atoms with Crippen LogP contribution in [0.5, 0.6) is 11.5 Å². The van der Waals surface area contributed by atoms with Crippen LogP contribution in [0.4, 0.5) is 14.5 Å². The number of carbonyl (C=O) groups is 1. The van der Waals surface area contributed by atoms with Crippen LogP contribution in [0.3, 0.4) is 0 Å². The first-order valence-electron chi connectivity index (χ1n) is 6.61. The molecule has 1 aromatic rings. The monoisotopic (exact) mass is 302 g/mol. The molecule has 0 bridgehead atoms. The molecule has 118 valence electrons. The number of ether oxygens (including phenoxy) is 2. The lowest BCUT2D eigenvalue weighted by atomic mass is 10.0. The van der Waals surface area contributed by atoms with E-state index in [0.29, 0.717) is 18.7 Å². The second-order valence-corrected chi connectivity index (χ2v) is 4.57. The summed E-state index contributed by atoms with van der Waals surface area (Å²) in [7, 11) is 1.35. The van der Waals surface area contributed by atoms with Gasteiger partial charge in [-0.15, -0.1) is 0 Å². The molecule has 0 aliphatic carbocycles. The molecule has 0 radical (unpaired) electrons. The third-order valence-corrected chi connectivity index (χ3v) is 2.94. The molecule has 0 spiro atoms. The van der Waals surface area contributed by atoms with Crippen molar-refractivity contribution < 1.29 is 23.0 Å². The largest absolute Gasteiger partial charge is 0.493 e. The molecule has 0 aliphatic rings. The molecule has 0 aliphatic heterocycles. The highest BCUT2D eigenvalue weighted by Crippen LogP contribution is 2.31. The molecular weight excluding hydrogens is 282 g/mol. The lowest BCUT2D eigenvalue weighted by Crippen LogP contribution is -2.21. The van der Waals surface area contributed by atoms with E-state index < -0.39 is 6.61 Å². The maximum Gasteiger partial charge on any atom is 0.387 e. The molecule has 1 unspecified atom stereocenters. The van der Waals surface area contributed by atoms with Crippen molar-refractivity contribution in [3.8, 4) is 11.5 Å². The first-order chi connectivity index (χ1) is 9.97. The lowest BCUT2D eigenvalue weighted by Gasteiger charge is -2.14. The Balaban J connectivity index is 2.77. The number of rotatable bonds is 8. The Morgan fingerprint density at radius 3 is 2.67 bits per heavy atom. The van der Waals surface area contributed by atoms with Gasteiger partial charge < -0.3 is 20.5 Å². The molecule has 0 aromatic heterocycles. The normalized spacial score (nSPS) is 12.1. The van der Waals surface area contributed by atoms with Crippen LogP contribution in [0.25, 0.3) is 0 Å². The first kappa shape index (κ1) is 17.2. The van der Waals surface area contributed by atoms with Crippen LogP contribution < -0.4 is 20.5 Å². The molecule has 1 aromatic carbocycles. The third kappa shape index (κ3) is 5.55. The summed E-state index contributed by atoms with van der Waals surface area (Å²) in [4.78, 5) is 11.9. The van der Waals surface area contributed by atoms with Gasteiger partial charge in [-0.2, -0.15) is 8.78 Å². The van der Waals surface area contributed by atoms with Gasteiger partial charge >= 0.3 is 6.61 Å². The fourth-order valence-electron chi connectivity index (χ4n) is 1.76. The number of hydrogen-bond donors (Lipinski definition) is 2. The highest BCUT2D eigenvalue weighted by Gasteiger charge is 2.15. The van der Waals surface area contributed by atoms with Gasteiger partial charge in [0, 0.05) is 17.7 Å². The number of nitrogens with one attached hydrogen (secondary N) is 1. The molecule has 0 saturated carbocycles. The summed E-state index contributed by atoms with van der Waals surface area (Å²) >= 11 is 0. The van der Waals surface area contributed by atoms with E-state index in [4.69, 9.17) is 10.5 Å². The number of carbonyl (C=O) groups excluding carboxylic acids is 1. The Bertz CT molecular complexity index is 470.